The molecule has 110 valence electrons. The maximum atomic E-state index is 13.6. The van der Waals surface area contributed by atoms with Gasteiger partial charge >= 0.3 is 0 Å². The molecule has 1 N–H and O–H groups in total. The summed E-state index contributed by atoms with van der Waals surface area (Å²) in [7, 11) is 0. The van der Waals surface area contributed by atoms with Crippen LogP contribution in [-0.2, 0) is 6.42 Å². The minimum Gasteiger partial charge on any atom is -0.508 e. The monoisotopic (exact) mass is 293 g/mol. The predicted molar refractivity (Wildman–Crippen MR) is 84.3 cm³/mol. The van der Waals surface area contributed by atoms with Gasteiger partial charge in [-0.3, -0.25) is 4.98 Å². The van der Waals surface area contributed by atoms with Gasteiger partial charge in [0.05, 0.1) is 0 Å². The number of benzene rings is 2. The Labute approximate surface area is 128 Å². The SMILES string of the molecule is Oc1ccc(F)cc1C(Cc1ccccn1)c1ccccc1. The predicted octanol–water partition coefficient (Wildman–Crippen LogP) is 4.30. The van der Waals surface area contributed by atoms with Crippen molar-refractivity contribution >= 4 is 0 Å². The van der Waals surface area contributed by atoms with Crippen molar-refractivity contribution in [1.29, 1.82) is 0 Å². The first-order valence-corrected chi connectivity index (χ1v) is 7.17. The van der Waals surface area contributed by atoms with Gasteiger partial charge in [0, 0.05) is 29.8 Å². The van der Waals surface area contributed by atoms with E-state index in [9.17, 15) is 9.50 Å². The van der Waals surface area contributed by atoms with E-state index in [-0.39, 0.29) is 17.5 Å². The van der Waals surface area contributed by atoms with E-state index in [4.69, 9.17) is 0 Å². The second-order valence-electron chi connectivity index (χ2n) is 5.19. The number of pyridine rings is 1. The van der Waals surface area contributed by atoms with Crippen molar-refractivity contribution in [1.82, 2.24) is 4.98 Å². The molecule has 1 unspecified atom stereocenters. The molecule has 1 aromatic heterocycles. The van der Waals surface area contributed by atoms with E-state index in [0.29, 0.717) is 12.0 Å². The Hall–Kier alpha value is -2.68. The van der Waals surface area contributed by atoms with Crippen LogP contribution in [0.2, 0.25) is 0 Å². The Balaban J connectivity index is 2.05. The maximum absolute atomic E-state index is 13.6. The van der Waals surface area contributed by atoms with Crippen LogP contribution in [0, 0.1) is 5.82 Å². The third-order valence-electron chi connectivity index (χ3n) is 3.71. The summed E-state index contributed by atoms with van der Waals surface area (Å²) in [5.41, 5.74) is 2.51. The lowest BCUT2D eigenvalue weighted by atomic mass is 9.86. The summed E-state index contributed by atoms with van der Waals surface area (Å²) in [6.45, 7) is 0. The number of nitrogens with zero attached hydrogens (tertiary/aromatic N) is 1. The van der Waals surface area contributed by atoms with Gasteiger partial charge in [-0.1, -0.05) is 36.4 Å². The van der Waals surface area contributed by atoms with Crippen LogP contribution in [0.5, 0.6) is 5.75 Å². The highest BCUT2D eigenvalue weighted by Gasteiger charge is 2.19. The average Bonchev–Trinajstić information content (AvgIpc) is 2.57. The number of rotatable bonds is 4. The number of phenolic OH excluding ortho intramolecular Hbond substituents is 1. The first-order chi connectivity index (χ1) is 10.7. The zero-order chi connectivity index (χ0) is 15.4. The van der Waals surface area contributed by atoms with Crippen LogP contribution in [0.15, 0.2) is 72.9 Å². The molecule has 0 radical (unpaired) electrons. The summed E-state index contributed by atoms with van der Waals surface area (Å²) in [5, 5.41) is 10.2. The molecule has 0 bridgehead atoms. The van der Waals surface area contributed by atoms with Crippen LogP contribution in [0.3, 0.4) is 0 Å². The molecule has 3 heteroatoms. The second-order valence-corrected chi connectivity index (χ2v) is 5.19. The maximum Gasteiger partial charge on any atom is 0.123 e. The lowest BCUT2D eigenvalue weighted by Gasteiger charge is -2.19. The van der Waals surface area contributed by atoms with E-state index in [1.165, 1.54) is 18.2 Å². The summed E-state index contributed by atoms with van der Waals surface area (Å²) in [6, 6.07) is 19.6. The van der Waals surface area contributed by atoms with Crippen LogP contribution >= 0.6 is 0 Å². The number of phenols is 1. The Morgan fingerprint density at radius 2 is 1.73 bits per heavy atom. The third kappa shape index (κ3) is 3.14. The van der Waals surface area contributed by atoms with Gasteiger partial charge < -0.3 is 5.11 Å². The minimum absolute atomic E-state index is 0.103. The van der Waals surface area contributed by atoms with Crippen molar-refractivity contribution in [3.8, 4) is 5.75 Å². The zero-order valence-corrected chi connectivity index (χ0v) is 12.0. The van der Waals surface area contributed by atoms with Crippen molar-refractivity contribution in [2.24, 2.45) is 0 Å². The van der Waals surface area contributed by atoms with Crippen LogP contribution < -0.4 is 0 Å². The molecular formula is C19H16FNO. The van der Waals surface area contributed by atoms with Crippen LogP contribution in [-0.4, -0.2) is 10.1 Å². The molecule has 2 nitrogen and oxygen atoms in total. The van der Waals surface area contributed by atoms with Crippen molar-refractivity contribution in [3.63, 3.8) is 0 Å². The lowest BCUT2D eigenvalue weighted by molar-refractivity contribution is 0.461. The van der Waals surface area contributed by atoms with Crippen molar-refractivity contribution < 1.29 is 9.50 Å². The number of aromatic nitrogens is 1. The van der Waals surface area contributed by atoms with E-state index in [1.54, 1.807) is 6.20 Å². The first-order valence-electron chi connectivity index (χ1n) is 7.17. The highest BCUT2D eigenvalue weighted by atomic mass is 19.1. The fraction of sp³-hybridized carbons (Fsp3) is 0.105. The Morgan fingerprint density at radius 3 is 2.45 bits per heavy atom. The van der Waals surface area contributed by atoms with Gasteiger partial charge in [-0.2, -0.15) is 0 Å². The molecule has 0 aliphatic rings. The summed E-state index contributed by atoms with van der Waals surface area (Å²) in [4.78, 5) is 4.35. The van der Waals surface area contributed by atoms with E-state index >= 15 is 0 Å². The minimum atomic E-state index is -0.352. The molecule has 22 heavy (non-hydrogen) atoms. The molecule has 1 heterocycles. The Bertz CT molecular complexity index is 744. The number of halogens is 1. The van der Waals surface area contributed by atoms with Gasteiger partial charge in [0.15, 0.2) is 0 Å². The quantitative estimate of drug-likeness (QED) is 0.778. The van der Waals surface area contributed by atoms with E-state index < -0.39 is 0 Å². The Morgan fingerprint density at radius 1 is 0.955 bits per heavy atom. The molecule has 0 aliphatic carbocycles. The standard InChI is InChI=1S/C19H16FNO/c20-15-9-10-19(22)18(12-15)17(14-6-2-1-3-7-14)13-16-8-4-5-11-21-16/h1-12,17,22H,13H2. The largest absolute Gasteiger partial charge is 0.508 e. The normalized spacial score (nSPS) is 12.0. The summed E-state index contributed by atoms with van der Waals surface area (Å²) in [6.07, 6.45) is 2.34. The molecule has 0 saturated heterocycles. The van der Waals surface area contributed by atoms with Crippen LogP contribution in [0.1, 0.15) is 22.7 Å². The molecule has 0 saturated carbocycles. The topological polar surface area (TPSA) is 33.1 Å². The fourth-order valence-electron chi connectivity index (χ4n) is 2.63. The molecule has 0 aliphatic heterocycles. The van der Waals surface area contributed by atoms with Gasteiger partial charge in [-0.05, 0) is 35.9 Å². The summed E-state index contributed by atoms with van der Waals surface area (Å²) < 4.78 is 13.6. The molecule has 0 amide bonds. The number of aromatic hydroxyl groups is 1. The number of hydrogen-bond donors (Lipinski definition) is 1. The number of hydrogen-bond acceptors (Lipinski definition) is 2. The molecular weight excluding hydrogens is 277 g/mol. The highest BCUT2D eigenvalue weighted by molar-refractivity contribution is 5.42. The van der Waals surface area contributed by atoms with Gasteiger partial charge in [0.25, 0.3) is 0 Å². The van der Waals surface area contributed by atoms with Crippen molar-refractivity contribution in [2.75, 3.05) is 0 Å². The van der Waals surface area contributed by atoms with Gasteiger partial charge in [-0.25, -0.2) is 4.39 Å². The smallest absolute Gasteiger partial charge is 0.123 e. The van der Waals surface area contributed by atoms with E-state index in [2.05, 4.69) is 4.98 Å². The van der Waals surface area contributed by atoms with E-state index in [0.717, 1.165) is 11.3 Å². The van der Waals surface area contributed by atoms with Gasteiger partial charge in [0.2, 0.25) is 0 Å². The fourth-order valence-corrected chi connectivity index (χ4v) is 2.63. The summed E-state index contributed by atoms with van der Waals surface area (Å²) >= 11 is 0. The Kier molecular flexibility index (Phi) is 4.15. The summed E-state index contributed by atoms with van der Waals surface area (Å²) in [5.74, 6) is -0.396. The highest BCUT2D eigenvalue weighted by Crippen LogP contribution is 2.34. The van der Waals surface area contributed by atoms with Crippen LogP contribution in [0.25, 0.3) is 0 Å². The third-order valence-corrected chi connectivity index (χ3v) is 3.71. The van der Waals surface area contributed by atoms with Crippen molar-refractivity contribution in [3.05, 3.63) is 95.6 Å². The molecule has 0 fully saturated rings. The zero-order valence-electron chi connectivity index (χ0n) is 12.0. The van der Waals surface area contributed by atoms with Gasteiger partial charge in [-0.15, -0.1) is 0 Å². The van der Waals surface area contributed by atoms with Gasteiger partial charge in [0.1, 0.15) is 11.6 Å². The molecule has 3 aromatic rings. The van der Waals surface area contributed by atoms with Crippen molar-refractivity contribution in [2.45, 2.75) is 12.3 Å². The van der Waals surface area contributed by atoms with Crippen LogP contribution in [0.4, 0.5) is 4.39 Å². The lowest BCUT2D eigenvalue weighted by Crippen LogP contribution is -2.07. The first kappa shape index (κ1) is 14.3. The molecule has 0 spiro atoms. The molecule has 2 aromatic carbocycles. The average molecular weight is 293 g/mol. The van der Waals surface area contributed by atoms with E-state index in [1.807, 2.05) is 48.5 Å². The molecule has 3 rings (SSSR count). The molecule has 1 atom stereocenters. The second kappa shape index (κ2) is 6.39.